The molecule has 20 heavy (non-hydrogen) atoms. The normalized spacial score (nSPS) is 14.0. The number of halogens is 2. The predicted molar refractivity (Wildman–Crippen MR) is 84.2 cm³/mol. The first-order valence-electron chi connectivity index (χ1n) is 6.48. The molecule has 0 saturated heterocycles. The molecule has 0 fully saturated rings. The molecule has 0 radical (unpaired) electrons. The van der Waals surface area contributed by atoms with E-state index >= 15 is 0 Å². The summed E-state index contributed by atoms with van der Waals surface area (Å²) in [5.41, 5.74) is 1.94. The van der Waals surface area contributed by atoms with Gasteiger partial charge < -0.3 is 10.4 Å². The Balaban J connectivity index is 1.94. The van der Waals surface area contributed by atoms with E-state index in [1.807, 2.05) is 49.4 Å². The molecule has 2 nitrogen and oxygen atoms in total. The van der Waals surface area contributed by atoms with Crippen molar-refractivity contribution in [3.63, 3.8) is 0 Å². The highest BCUT2D eigenvalue weighted by molar-refractivity contribution is 6.42. The van der Waals surface area contributed by atoms with Crippen LogP contribution in [0.4, 0.5) is 0 Å². The number of nitrogens with one attached hydrogen (secondary N) is 1. The Morgan fingerprint density at radius 2 is 1.75 bits per heavy atom. The molecule has 0 aliphatic heterocycles. The predicted octanol–water partition coefficient (Wildman–Crippen LogP) is 4.21. The van der Waals surface area contributed by atoms with Crippen molar-refractivity contribution in [2.45, 2.75) is 25.6 Å². The lowest BCUT2D eigenvalue weighted by Crippen LogP contribution is -2.31. The van der Waals surface area contributed by atoms with Crippen LogP contribution in [-0.4, -0.2) is 11.1 Å². The van der Waals surface area contributed by atoms with Gasteiger partial charge in [0.05, 0.1) is 16.1 Å². The van der Waals surface area contributed by atoms with Crippen molar-refractivity contribution in [2.24, 2.45) is 0 Å². The number of rotatable bonds is 5. The number of benzene rings is 2. The molecule has 0 aliphatic carbocycles. The van der Waals surface area contributed by atoms with E-state index in [0.29, 0.717) is 16.6 Å². The molecule has 0 saturated carbocycles. The highest BCUT2D eigenvalue weighted by Gasteiger charge is 2.15. The molecular formula is C16H17Cl2NO. The summed E-state index contributed by atoms with van der Waals surface area (Å²) in [5.74, 6) is 0. The van der Waals surface area contributed by atoms with Gasteiger partial charge in [-0.15, -0.1) is 0 Å². The molecule has 0 amide bonds. The van der Waals surface area contributed by atoms with Gasteiger partial charge in [0.25, 0.3) is 0 Å². The van der Waals surface area contributed by atoms with Crippen LogP contribution in [-0.2, 0) is 6.54 Å². The monoisotopic (exact) mass is 309 g/mol. The van der Waals surface area contributed by atoms with Gasteiger partial charge >= 0.3 is 0 Å². The van der Waals surface area contributed by atoms with Gasteiger partial charge in [0.2, 0.25) is 0 Å². The van der Waals surface area contributed by atoms with Gasteiger partial charge in [-0.05, 0) is 30.2 Å². The van der Waals surface area contributed by atoms with Crippen LogP contribution in [0.3, 0.4) is 0 Å². The lowest BCUT2D eigenvalue weighted by atomic mass is 10.0. The molecule has 2 N–H and O–H groups in total. The number of hydrogen-bond acceptors (Lipinski definition) is 2. The van der Waals surface area contributed by atoms with E-state index in [2.05, 4.69) is 5.32 Å². The number of aliphatic hydroxyl groups excluding tert-OH is 1. The van der Waals surface area contributed by atoms with E-state index in [1.54, 1.807) is 6.07 Å². The largest absolute Gasteiger partial charge is 0.387 e. The zero-order chi connectivity index (χ0) is 14.5. The fourth-order valence-electron chi connectivity index (χ4n) is 1.98. The van der Waals surface area contributed by atoms with Crippen LogP contribution in [0.5, 0.6) is 0 Å². The van der Waals surface area contributed by atoms with E-state index in [9.17, 15) is 5.11 Å². The minimum atomic E-state index is -0.543. The summed E-state index contributed by atoms with van der Waals surface area (Å²) < 4.78 is 0. The first-order valence-corrected chi connectivity index (χ1v) is 7.24. The third-order valence-corrected chi connectivity index (χ3v) is 3.97. The molecule has 0 aliphatic rings. The summed E-state index contributed by atoms with van der Waals surface area (Å²) in [5, 5.41) is 14.6. The second-order valence-electron chi connectivity index (χ2n) is 4.77. The maximum absolute atomic E-state index is 10.3. The molecule has 2 aromatic carbocycles. The average Bonchev–Trinajstić information content (AvgIpc) is 2.48. The lowest BCUT2D eigenvalue weighted by Gasteiger charge is -2.20. The Bertz CT molecular complexity index is 560. The van der Waals surface area contributed by atoms with Gasteiger partial charge in [-0.25, -0.2) is 0 Å². The second-order valence-corrected chi connectivity index (χ2v) is 5.59. The van der Waals surface area contributed by atoms with Crippen LogP contribution in [0.2, 0.25) is 10.0 Å². The zero-order valence-electron chi connectivity index (χ0n) is 11.2. The number of hydrogen-bond donors (Lipinski definition) is 2. The summed E-state index contributed by atoms with van der Waals surface area (Å²) in [6, 6.07) is 15.1. The van der Waals surface area contributed by atoms with Crippen molar-refractivity contribution in [1.82, 2.24) is 5.32 Å². The summed E-state index contributed by atoms with van der Waals surface area (Å²) in [4.78, 5) is 0. The Hall–Kier alpha value is -1.06. The Kier molecular flexibility index (Phi) is 5.44. The Morgan fingerprint density at radius 3 is 2.40 bits per heavy atom. The van der Waals surface area contributed by atoms with E-state index < -0.39 is 6.10 Å². The second kappa shape index (κ2) is 7.09. The highest BCUT2D eigenvalue weighted by atomic mass is 35.5. The van der Waals surface area contributed by atoms with Gasteiger partial charge in [0.1, 0.15) is 0 Å². The first-order chi connectivity index (χ1) is 9.58. The van der Waals surface area contributed by atoms with Gasteiger partial charge in [0.15, 0.2) is 0 Å². The van der Waals surface area contributed by atoms with Crippen molar-refractivity contribution in [2.75, 3.05) is 0 Å². The summed E-state index contributed by atoms with van der Waals surface area (Å²) in [6.07, 6.45) is -0.543. The highest BCUT2D eigenvalue weighted by Crippen LogP contribution is 2.23. The first kappa shape index (κ1) is 15.3. The molecule has 0 unspecified atom stereocenters. The van der Waals surface area contributed by atoms with E-state index in [0.717, 1.165) is 11.1 Å². The molecule has 0 spiro atoms. The Morgan fingerprint density at radius 1 is 1.05 bits per heavy atom. The van der Waals surface area contributed by atoms with Crippen LogP contribution in [0.15, 0.2) is 48.5 Å². The topological polar surface area (TPSA) is 32.3 Å². The number of aliphatic hydroxyl groups is 1. The van der Waals surface area contributed by atoms with Gasteiger partial charge in [-0.1, -0.05) is 59.6 Å². The van der Waals surface area contributed by atoms with Crippen LogP contribution < -0.4 is 5.32 Å². The Labute approximate surface area is 129 Å². The zero-order valence-corrected chi connectivity index (χ0v) is 12.7. The van der Waals surface area contributed by atoms with E-state index in [1.165, 1.54) is 0 Å². The van der Waals surface area contributed by atoms with Crippen LogP contribution >= 0.6 is 23.2 Å². The van der Waals surface area contributed by atoms with E-state index in [4.69, 9.17) is 23.2 Å². The summed E-state index contributed by atoms with van der Waals surface area (Å²) in [7, 11) is 0. The smallest absolute Gasteiger partial charge is 0.0940 e. The standard InChI is InChI=1S/C16H17Cl2NO/c1-11(16(20)13-5-3-2-4-6-13)19-10-12-7-8-14(17)15(18)9-12/h2-9,11,16,19-20H,10H2,1H3/t11-,16-/m0/s1. The molecule has 0 bridgehead atoms. The SMILES string of the molecule is C[C@H](NCc1ccc(Cl)c(Cl)c1)[C@H](O)c1ccccc1. The minimum Gasteiger partial charge on any atom is -0.387 e. The molecule has 4 heteroatoms. The van der Waals surface area contributed by atoms with Crippen molar-refractivity contribution in [3.8, 4) is 0 Å². The van der Waals surface area contributed by atoms with Crippen molar-refractivity contribution >= 4 is 23.2 Å². The third-order valence-electron chi connectivity index (χ3n) is 3.23. The molecule has 106 valence electrons. The van der Waals surface area contributed by atoms with Gasteiger partial charge in [0, 0.05) is 12.6 Å². The molecule has 2 atom stereocenters. The lowest BCUT2D eigenvalue weighted by molar-refractivity contribution is 0.135. The molecule has 0 heterocycles. The van der Waals surface area contributed by atoms with Crippen molar-refractivity contribution in [3.05, 3.63) is 69.7 Å². The van der Waals surface area contributed by atoms with Crippen molar-refractivity contribution < 1.29 is 5.11 Å². The van der Waals surface area contributed by atoms with Crippen LogP contribution in [0, 0.1) is 0 Å². The quantitative estimate of drug-likeness (QED) is 0.867. The average molecular weight is 310 g/mol. The van der Waals surface area contributed by atoms with Gasteiger partial charge in [-0.2, -0.15) is 0 Å². The third kappa shape index (κ3) is 3.97. The maximum atomic E-state index is 10.3. The molecular weight excluding hydrogens is 293 g/mol. The molecule has 0 aromatic heterocycles. The maximum Gasteiger partial charge on any atom is 0.0940 e. The van der Waals surface area contributed by atoms with Crippen molar-refractivity contribution in [1.29, 1.82) is 0 Å². The van der Waals surface area contributed by atoms with Gasteiger partial charge in [-0.3, -0.25) is 0 Å². The summed E-state index contributed by atoms with van der Waals surface area (Å²) in [6.45, 7) is 2.58. The minimum absolute atomic E-state index is 0.0631. The fraction of sp³-hybridized carbons (Fsp3) is 0.250. The molecule has 2 rings (SSSR count). The fourth-order valence-corrected chi connectivity index (χ4v) is 2.30. The molecule has 2 aromatic rings. The van der Waals surface area contributed by atoms with Crippen LogP contribution in [0.1, 0.15) is 24.2 Å². The summed E-state index contributed by atoms with van der Waals surface area (Å²) >= 11 is 11.9. The van der Waals surface area contributed by atoms with Crippen LogP contribution in [0.25, 0.3) is 0 Å². The van der Waals surface area contributed by atoms with E-state index in [-0.39, 0.29) is 6.04 Å².